The molecular weight excluding hydrogens is 257 g/mol. The summed E-state index contributed by atoms with van der Waals surface area (Å²) in [6.07, 6.45) is 1.35. The maximum Gasteiger partial charge on any atom is 0.173 e. The normalized spacial score (nSPS) is 25.8. The largest absolute Gasteiger partial charge is 0.485 e. The van der Waals surface area contributed by atoms with Crippen molar-refractivity contribution in [2.45, 2.75) is 20.0 Å². The summed E-state index contributed by atoms with van der Waals surface area (Å²) in [5.74, 6) is -0.180. The Morgan fingerprint density at radius 1 is 1.40 bits per heavy atom. The van der Waals surface area contributed by atoms with Crippen LogP contribution in [0.1, 0.15) is 25.0 Å². The summed E-state index contributed by atoms with van der Waals surface area (Å²) in [5.41, 5.74) is 0.769. The second-order valence-electron chi connectivity index (χ2n) is 5.27. The zero-order valence-electron chi connectivity index (χ0n) is 11.7. The van der Waals surface area contributed by atoms with Crippen molar-refractivity contribution in [1.82, 2.24) is 0 Å². The van der Waals surface area contributed by atoms with Crippen LogP contribution in [0.25, 0.3) is 6.08 Å². The van der Waals surface area contributed by atoms with E-state index in [9.17, 15) is 4.39 Å². The highest BCUT2D eigenvalue weighted by atomic mass is 19.1. The summed E-state index contributed by atoms with van der Waals surface area (Å²) in [7, 11) is 0. The minimum absolute atomic E-state index is 0.0312. The molecule has 1 aromatic carbocycles. The van der Waals surface area contributed by atoms with E-state index in [1.807, 2.05) is 19.9 Å². The average molecular weight is 275 g/mol. The Morgan fingerprint density at radius 2 is 2.05 bits per heavy atom. The predicted molar refractivity (Wildman–Crippen MR) is 74.8 cm³/mol. The van der Waals surface area contributed by atoms with Gasteiger partial charge in [-0.2, -0.15) is 5.26 Å². The maximum atomic E-state index is 14.1. The number of nitrogens with zero attached hydrogens (tertiary/aromatic N) is 1. The molecule has 1 heterocycles. The molecule has 0 aromatic heterocycles. The van der Waals surface area contributed by atoms with Crippen LogP contribution in [0, 0.1) is 29.0 Å². The van der Waals surface area contributed by atoms with E-state index < -0.39 is 5.82 Å². The average Bonchev–Trinajstić information content (AvgIpc) is 2.43. The van der Waals surface area contributed by atoms with Gasteiger partial charge in [0.2, 0.25) is 0 Å². The molecular formula is C16H18FNO2. The monoisotopic (exact) mass is 275 g/mol. The van der Waals surface area contributed by atoms with Crippen molar-refractivity contribution in [2.24, 2.45) is 11.8 Å². The zero-order valence-corrected chi connectivity index (χ0v) is 11.7. The summed E-state index contributed by atoms with van der Waals surface area (Å²) in [6, 6.07) is 4.90. The SMILES string of the molecule is C=Cc1cc(F)c(OC2C(C)COCC2C)c(C#N)c1. The van der Waals surface area contributed by atoms with Crippen LogP contribution in [-0.2, 0) is 4.74 Å². The molecule has 1 aliphatic rings. The van der Waals surface area contributed by atoms with Gasteiger partial charge < -0.3 is 9.47 Å². The first-order valence-electron chi connectivity index (χ1n) is 6.67. The Bertz CT molecular complexity index is 540. The number of rotatable bonds is 3. The molecule has 0 aliphatic carbocycles. The highest BCUT2D eigenvalue weighted by Gasteiger charge is 2.31. The minimum Gasteiger partial charge on any atom is -0.485 e. The van der Waals surface area contributed by atoms with Crippen LogP contribution < -0.4 is 4.74 Å². The lowest BCUT2D eigenvalue weighted by atomic mass is 9.92. The smallest absolute Gasteiger partial charge is 0.173 e. The Labute approximate surface area is 118 Å². The van der Waals surface area contributed by atoms with Gasteiger partial charge in [0.25, 0.3) is 0 Å². The quantitative estimate of drug-likeness (QED) is 0.849. The lowest BCUT2D eigenvalue weighted by molar-refractivity contribution is -0.0563. The second kappa shape index (κ2) is 6.06. The Kier molecular flexibility index (Phi) is 4.41. The first kappa shape index (κ1) is 14.5. The number of ether oxygens (including phenoxy) is 2. The summed E-state index contributed by atoms with van der Waals surface area (Å²) >= 11 is 0. The van der Waals surface area contributed by atoms with E-state index in [-0.39, 0.29) is 29.3 Å². The van der Waals surface area contributed by atoms with Crippen LogP contribution in [-0.4, -0.2) is 19.3 Å². The van der Waals surface area contributed by atoms with Crippen molar-refractivity contribution in [3.05, 3.63) is 35.7 Å². The third-order valence-electron chi connectivity index (χ3n) is 3.56. The maximum absolute atomic E-state index is 14.1. The molecule has 0 radical (unpaired) electrons. The number of nitriles is 1. The molecule has 0 bridgehead atoms. The van der Waals surface area contributed by atoms with E-state index in [4.69, 9.17) is 14.7 Å². The summed E-state index contributed by atoms with van der Waals surface area (Å²) in [5, 5.41) is 9.17. The van der Waals surface area contributed by atoms with Crippen LogP contribution in [0.4, 0.5) is 4.39 Å². The molecule has 20 heavy (non-hydrogen) atoms. The van der Waals surface area contributed by atoms with E-state index in [1.54, 1.807) is 6.07 Å². The summed E-state index contributed by atoms with van der Waals surface area (Å²) in [4.78, 5) is 0. The molecule has 0 N–H and O–H groups in total. The van der Waals surface area contributed by atoms with Crippen molar-refractivity contribution in [2.75, 3.05) is 13.2 Å². The molecule has 0 amide bonds. The van der Waals surface area contributed by atoms with E-state index >= 15 is 0 Å². The molecule has 4 heteroatoms. The Balaban J connectivity index is 2.33. The van der Waals surface area contributed by atoms with Gasteiger partial charge in [0.15, 0.2) is 11.6 Å². The fraction of sp³-hybridized carbons (Fsp3) is 0.438. The zero-order chi connectivity index (χ0) is 14.7. The topological polar surface area (TPSA) is 42.2 Å². The van der Waals surface area contributed by atoms with Gasteiger partial charge in [-0.25, -0.2) is 4.39 Å². The molecule has 1 aliphatic heterocycles. The minimum atomic E-state index is -0.523. The molecule has 0 spiro atoms. The van der Waals surface area contributed by atoms with Crippen LogP contribution in [0.15, 0.2) is 18.7 Å². The van der Waals surface area contributed by atoms with E-state index in [0.717, 1.165) is 0 Å². The van der Waals surface area contributed by atoms with Crippen LogP contribution in [0.3, 0.4) is 0 Å². The molecule has 1 saturated heterocycles. The van der Waals surface area contributed by atoms with Gasteiger partial charge in [0.1, 0.15) is 12.2 Å². The summed E-state index contributed by atoms with van der Waals surface area (Å²) < 4.78 is 25.4. The molecule has 2 unspecified atom stereocenters. The van der Waals surface area contributed by atoms with E-state index in [0.29, 0.717) is 18.8 Å². The van der Waals surface area contributed by atoms with Crippen molar-refractivity contribution in [3.63, 3.8) is 0 Å². The Morgan fingerprint density at radius 3 is 2.60 bits per heavy atom. The van der Waals surface area contributed by atoms with Crippen LogP contribution in [0.5, 0.6) is 5.75 Å². The van der Waals surface area contributed by atoms with Gasteiger partial charge in [0.05, 0.1) is 18.8 Å². The lowest BCUT2D eigenvalue weighted by Crippen LogP contribution is -2.41. The van der Waals surface area contributed by atoms with Gasteiger partial charge in [-0.05, 0) is 17.7 Å². The molecule has 2 atom stereocenters. The first-order chi connectivity index (χ1) is 9.56. The third-order valence-corrected chi connectivity index (χ3v) is 3.56. The van der Waals surface area contributed by atoms with Crippen molar-refractivity contribution in [1.29, 1.82) is 5.26 Å². The number of halogens is 1. The van der Waals surface area contributed by atoms with Crippen molar-refractivity contribution >= 4 is 6.08 Å². The van der Waals surface area contributed by atoms with Gasteiger partial charge in [-0.15, -0.1) is 0 Å². The molecule has 1 fully saturated rings. The van der Waals surface area contributed by atoms with Crippen molar-refractivity contribution < 1.29 is 13.9 Å². The van der Waals surface area contributed by atoms with Gasteiger partial charge >= 0.3 is 0 Å². The number of hydrogen-bond acceptors (Lipinski definition) is 3. The second-order valence-corrected chi connectivity index (χ2v) is 5.27. The van der Waals surface area contributed by atoms with E-state index in [2.05, 4.69) is 6.58 Å². The molecule has 2 rings (SSSR count). The fourth-order valence-electron chi connectivity index (χ4n) is 2.49. The van der Waals surface area contributed by atoms with E-state index in [1.165, 1.54) is 12.1 Å². The van der Waals surface area contributed by atoms with Gasteiger partial charge in [-0.1, -0.05) is 26.5 Å². The van der Waals surface area contributed by atoms with Crippen LogP contribution in [0.2, 0.25) is 0 Å². The molecule has 0 saturated carbocycles. The third kappa shape index (κ3) is 2.83. The molecule has 106 valence electrons. The fourth-order valence-corrected chi connectivity index (χ4v) is 2.49. The van der Waals surface area contributed by atoms with Gasteiger partial charge in [0, 0.05) is 11.8 Å². The summed E-state index contributed by atoms with van der Waals surface area (Å²) in [6.45, 7) is 8.76. The molecule has 1 aromatic rings. The van der Waals surface area contributed by atoms with Crippen LogP contribution >= 0.6 is 0 Å². The highest BCUT2D eigenvalue weighted by molar-refractivity contribution is 5.56. The standard InChI is InChI=1S/C16H18FNO2/c1-4-12-5-13(7-18)16(14(17)6-12)20-15-10(2)8-19-9-11(15)3/h4-6,10-11,15H,1,8-9H2,2-3H3. The highest BCUT2D eigenvalue weighted by Crippen LogP contribution is 2.30. The number of hydrogen-bond donors (Lipinski definition) is 0. The predicted octanol–water partition coefficient (Wildman–Crippen LogP) is 3.39. The molecule has 3 nitrogen and oxygen atoms in total. The van der Waals surface area contributed by atoms with Gasteiger partial charge in [-0.3, -0.25) is 0 Å². The lowest BCUT2D eigenvalue weighted by Gasteiger charge is -2.34. The number of benzene rings is 1. The van der Waals surface area contributed by atoms with Crippen molar-refractivity contribution in [3.8, 4) is 11.8 Å². The first-order valence-corrected chi connectivity index (χ1v) is 6.67. The Hall–Kier alpha value is -1.86.